The van der Waals surface area contributed by atoms with Gasteiger partial charge in [0.2, 0.25) is 5.91 Å². The van der Waals surface area contributed by atoms with Crippen molar-refractivity contribution in [1.82, 2.24) is 10.6 Å². The third-order valence-corrected chi connectivity index (χ3v) is 3.30. The van der Waals surface area contributed by atoms with Crippen LogP contribution in [0.4, 0.5) is 0 Å². The van der Waals surface area contributed by atoms with Crippen molar-refractivity contribution in [3.05, 3.63) is 35.4 Å². The first-order valence-corrected chi connectivity index (χ1v) is 6.99. The Bertz CT molecular complexity index is 436. The molecule has 4 nitrogen and oxygen atoms in total. The predicted octanol–water partition coefficient (Wildman–Crippen LogP) is 2.05. The molecular formula is C16H27ClN2O2. The lowest BCUT2D eigenvalue weighted by atomic mass is 9.84. The molecular weight excluding hydrogens is 288 g/mol. The van der Waals surface area contributed by atoms with Crippen molar-refractivity contribution in [2.24, 2.45) is 0 Å². The summed E-state index contributed by atoms with van der Waals surface area (Å²) in [4.78, 5) is 11.7. The van der Waals surface area contributed by atoms with Gasteiger partial charge in [0.15, 0.2) is 0 Å². The lowest BCUT2D eigenvalue weighted by Crippen LogP contribution is -2.41. The normalized spacial score (nSPS) is 10.9. The van der Waals surface area contributed by atoms with Gasteiger partial charge in [0.25, 0.3) is 0 Å². The highest BCUT2D eigenvalue weighted by atomic mass is 35.5. The maximum absolute atomic E-state index is 11.7. The monoisotopic (exact) mass is 314 g/mol. The molecule has 0 aromatic heterocycles. The minimum Gasteiger partial charge on any atom is -0.383 e. The summed E-state index contributed by atoms with van der Waals surface area (Å²) in [5.74, 6) is 0.0156. The molecule has 0 saturated carbocycles. The molecule has 21 heavy (non-hydrogen) atoms. The summed E-state index contributed by atoms with van der Waals surface area (Å²) in [5, 5.41) is 6.01. The molecule has 0 aliphatic rings. The van der Waals surface area contributed by atoms with Crippen molar-refractivity contribution in [3.63, 3.8) is 0 Å². The zero-order valence-corrected chi connectivity index (χ0v) is 14.2. The first-order chi connectivity index (χ1) is 9.45. The zero-order chi connectivity index (χ0) is 15.0. The van der Waals surface area contributed by atoms with E-state index in [4.69, 9.17) is 4.74 Å². The van der Waals surface area contributed by atoms with Crippen LogP contribution in [0, 0.1) is 6.92 Å². The number of carbonyl (C=O) groups excluding carboxylic acids is 1. The smallest absolute Gasteiger partial charge is 0.233 e. The summed E-state index contributed by atoms with van der Waals surface area (Å²) in [6.07, 6.45) is 0. The summed E-state index contributed by atoms with van der Waals surface area (Å²) < 4.78 is 4.91. The topological polar surface area (TPSA) is 50.4 Å². The Morgan fingerprint density at radius 3 is 2.67 bits per heavy atom. The number of halogens is 1. The van der Waals surface area contributed by atoms with Crippen LogP contribution >= 0.6 is 12.4 Å². The maximum Gasteiger partial charge on any atom is 0.233 e. The second-order valence-corrected chi connectivity index (χ2v) is 5.70. The molecule has 1 rings (SSSR count). The standard InChI is InChI=1S/C16H26N2O2.ClH/c1-13-6-5-7-14(10-13)16(2,3)12-18-15(19)11-17-8-9-20-4;/h5-7,10,17H,8-9,11-12H2,1-4H3,(H,18,19);1H. The van der Waals surface area contributed by atoms with E-state index in [0.717, 1.165) is 0 Å². The van der Waals surface area contributed by atoms with E-state index in [1.54, 1.807) is 7.11 Å². The Kier molecular flexibility index (Phi) is 9.26. The number of carbonyl (C=O) groups is 1. The molecule has 120 valence electrons. The molecule has 0 aliphatic carbocycles. The molecule has 0 atom stereocenters. The molecule has 0 bridgehead atoms. The van der Waals surface area contributed by atoms with Gasteiger partial charge in [-0.1, -0.05) is 43.7 Å². The van der Waals surface area contributed by atoms with Gasteiger partial charge in [-0.3, -0.25) is 4.79 Å². The summed E-state index contributed by atoms with van der Waals surface area (Å²) in [7, 11) is 1.64. The first kappa shape index (κ1) is 19.9. The number of rotatable bonds is 8. The quantitative estimate of drug-likeness (QED) is 0.722. The molecule has 0 fully saturated rings. The molecule has 0 radical (unpaired) electrons. The van der Waals surface area contributed by atoms with E-state index < -0.39 is 0 Å². The van der Waals surface area contributed by atoms with Crippen molar-refractivity contribution in [3.8, 4) is 0 Å². The van der Waals surface area contributed by atoms with Crippen LogP contribution in [0.15, 0.2) is 24.3 Å². The average molecular weight is 315 g/mol. The van der Waals surface area contributed by atoms with Crippen LogP contribution in [0.1, 0.15) is 25.0 Å². The second kappa shape index (κ2) is 9.77. The van der Waals surface area contributed by atoms with E-state index >= 15 is 0 Å². The van der Waals surface area contributed by atoms with Crippen LogP contribution in [0.3, 0.4) is 0 Å². The molecule has 0 saturated heterocycles. The Morgan fingerprint density at radius 2 is 2.05 bits per heavy atom. The van der Waals surface area contributed by atoms with Gasteiger partial charge in [0, 0.05) is 25.6 Å². The zero-order valence-electron chi connectivity index (χ0n) is 13.4. The van der Waals surface area contributed by atoms with Crippen LogP contribution < -0.4 is 10.6 Å². The number of nitrogens with one attached hydrogen (secondary N) is 2. The minimum absolute atomic E-state index is 0. The number of benzene rings is 1. The number of hydrogen-bond acceptors (Lipinski definition) is 3. The van der Waals surface area contributed by atoms with Crippen LogP contribution in [0.25, 0.3) is 0 Å². The van der Waals surface area contributed by atoms with E-state index in [1.165, 1.54) is 11.1 Å². The van der Waals surface area contributed by atoms with Crippen LogP contribution in [0.2, 0.25) is 0 Å². The van der Waals surface area contributed by atoms with Crippen LogP contribution in [-0.2, 0) is 14.9 Å². The van der Waals surface area contributed by atoms with Gasteiger partial charge in [-0.05, 0) is 12.5 Å². The predicted molar refractivity (Wildman–Crippen MR) is 89.2 cm³/mol. The molecule has 1 amide bonds. The molecule has 5 heteroatoms. The summed E-state index contributed by atoms with van der Waals surface area (Å²) >= 11 is 0. The van der Waals surface area contributed by atoms with E-state index in [-0.39, 0.29) is 23.7 Å². The van der Waals surface area contributed by atoms with Crippen molar-refractivity contribution in [1.29, 1.82) is 0 Å². The highest BCUT2D eigenvalue weighted by Gasteiger charge is 2.21. The lowest BCUT2D eigenvalue weighted by Gasteiger charge is -2.26. The van der Waals surface area contributed by atoms with Gasteiger partial charge in [0.05, 0.1) is 13.2 Å². The number of amides is 1. The van der Waals surface area contributed by atoms with Crippen molar-refractivity contribution in [2.75, 3.05) is 33.4 Å². The van der Waals surface area contributed by atoms with Crippen LogP contribution in [0.5, 0.6) is 0 Å². The molecule has 0 spiro atoms. The van der Waals surface area contributed by atoms with E-state index in [2.05, 4.69) is 55.7 Å². The number of methoxy groups -OCH3 is 1. The first-order valence-electron chi connectivity index (χ1n) is 6.99. The largest absolute Gasteiger partial charge is 0.383 e. The highest BCUT2D eigenvalue weighted by Crippen LogP contribution is 2.22. The minimum atomic E-state index is -0.0752. The molecule has 0 aliphatic heterocycles. The molecule has 0 unspecified atom stereocenters. The Hall–Kier alpha value is -1.10. The van der Waals surface area contributed by atoms with E-state index in [1.807, 2.05) is 0 Å². The van der Waals surface area contributed by atoms with Gasteiger partial charge < -0.3 is 15.4 Å². The van der Waals surface area contributed by atoms with Gasteiger partial charge in [-0.15, -0.1) is 12.4 Å². The Balaban J connectivity index is 0.00000400. The third kappa shape index (κ3) is 7.46. The van der Waals surface area contributed by atoms with Gasteiger partial charge >= 0.3 is 0 Å². The Labute approximate surface area is 134 Å². The molecule has 1 aromatic carbocycles. The van der Waals surface area contributed by atoms with Crippen molar-refractivity contribution in [2.45, 2.75) is 26.2 Å². The fourth-order valence-corrected chi connectivity index (χ4v) is 1.93. The van der Waals surface area contributed by atoms with Crippen LogP contribution in [-0.4, -0.2) is 39.3 Å². The van der Waals surface area contributed by atoms with Gasteiger partial charge in [-0.2, -0.15) is 0 Å². The fourth-order valence-electron chi connectivity index (χ4n) is 1.93. The Morgan fingerprint density at radius 1 is 1.33 bits per heavy atom. The SMILES string of the molecule is COCCNCC(=O)NCC(C)(C)c1cccc(C)c1.Cl. The second-order valence-electron chi connectivity index (χ2n) is 5.70. The summed E-state index contributed by atoms with van der Waals surface area (Å²) in [6, 6.07) is 8.41. The number of aryl methyl sites for hydroxylation is 1. The van der Waals surface area contributed by atoms with E-state index in [9.17, 15) is 4.79 Å². The maximum atomic E-state index is 11.7. The molecule has 0 heterocycles. The number of ether oxygens (including phenoxy) is 1. The summed E-state index contributed by atoms with van der Waals surface area (Å²) in [5.41, 5.74) is 2.40. The fraction of sp³-hybridized carbons (Fsp3) is 0.562. The molecule has 2 N–H and O–H groups in total. The van der Waals surface area contributed by atoms with Crippen molar-refractivity contribution >= 4 is 18.3 Å². The molecule has 1 aromatic rings. The number of hydrogen-bond donors (Lipinski definition) is 2. The third-order valence-electron chi connectivity index (χ3n) is 3.30. The average Bonchev–Trinajstić information content (AvgIpc) is 2.41. The van der Waals surface area contributed by atoms with Gasteiger partial charge in [-0.25, -0.2) is 0 Å². The van der Waals surface area contributed by atoms with E-state index in [0.29, 0.717) is 26.2 Å². The van der Waals surface area contributed by atoms with Gasteiger partial charge in [0.1, 0.15) is 0 Å². The van der Waals surface area contributed by atoms with Crippen molar-refractivity contribution < 1.29 is 9.53 Å². The highest BCUT2D eigenvalue weighted by molar-refractivity contribution is 5.85. The summed E-state index contributed by atoms with van der Waals surface area (Å²) in [6.45, 7) is 8.61. The lowest BCUT2D eigenvalue weighted by molar-refractivity contribution is -0.120.